The van der Waals surface area contributed by atoms with Crippen molar-refractivity contribution in [1.29, 1.82) is 0 Å². The first kappa shape index (κ1) is 13.3. The van der Waals surface area contributed by atoms with Crippen molar-refractivity contribution in [3.63, 3.8) is 0 Å². The average molecular weight is 279 g/mol. The van der Waals surface area contributed by atoms with E-state index < -0.39 is 0 Å². The molecule has 1 heterocycles. The van der Waals surface area contributed by atoms with Gasteiger partial charge in [0.15, 0.2) is 5.82 Å². The highest BCUT2D eigenvalue weighted by atomic mass is 15.5. The van der Waals surface area contributed by atoms with Gasteiger partial charge in [0.05, 0.1) is 6.54 Å². The molecule has 0 saturated carbocycles. The van der Waals surface area contributed by atoms with Crippen LogP contribution in [-0.2, 0) is 6.54 Å². The lowest BCUT2D eigenvalue weighted by atomic mass is 10.1. The third kappa shape index (κ3) is 2.63. The first-order valence-electron chi connectivity index (χ1n) is 6.82. The zero-order chi connectivity index (χ0) is 14.8. The average Bonchev–Trinajstić information content (AvgIpc) is 2.89. The van der Waals surface area contributed by atoms with Crippen LogP contribution < -0.4 is 5.73 Å². The van der Waals surface area contributed by atoms with E-state index in [2.05, 4.69) is 46.7 Å². The number of aromatic nitrogens is 4. The summed E-state index contributed by atoms with van der Waals surface area (Å²) in [5.41, 5.74) is 11.1. The van der Waals surface area contributed by atoms with Crippen LogP contribution in [0.2, 0.25) is 0 Å². The predicted molar refractivity (Wildman–Crippen MR) is 82.7 cm³/mol. The summed E-state index contributed by atoms with van der Waals surface area (Å²) >= 11 is 0. The molecule has 0 atom stereocenters. The van der Waals surface area contributed by atoms with E-state index in [1.807, 2.05) is 25.1 Å². The fourth-order valence-electron chi connectivity index (χ4n) is 2.35. The first-order valence-corrected chi connectivity index (χ1v) is 6.82. The number of rotatable bonds is 3. The Balaban J connectivity index is 2.00. The Bertz CT molecular complexity index is 738. The summed E-state index contributed by atoms with van der Waals surface area (Å²) in [7, 11) is 0. The number of nitrogens with zero attached hydrogens (tertiary/aromatic N) is 4. The van der Waals surface area contributed by atoms with Gasteiger partial charge in [-0.25, -0.2) is 4.68 Å². The molecule has 5 nitrogen and oxygen atoms in total. The second kappa shape index (κ2) is 5.36. The number of aryl methyl sites for hydroxylation is 2. The predicted octanol–water partition coefficient (Wildman–Crippen LogP) is 2.59. The molecule has 0 radical (unpaired) electrons. The fraction of sp³-hybridized carbons (Fsp3) is 0.188. The zero-order valence-corrected chi connectivity index (χ0v) is 12.1. The number of hydrogen-bond donors (Lipinski definition) is 1. The van der Waals surface area contributed by atoms with Gasteiger partial charge in [-0.2, -0.15) is 0 Å². The highest BCUT2D eigenvalue weighted by Gasteiger charge is 2.14. The van der Waals surface area contributed by atoms with Crippen LogP contribution in [0.1, 0.15) is 16.7 Å². The Kier molecular flexibility index (Phi) is 3.39. The SMILES string of the molecule is Cc1ccc(Cn2nnnc2-c2c(C)cccc2N)cc1. The van der Waals surface area contributed by atoms with Crippen molar-refractivity contribution in [1.82, 2.24) is 20.2 Å². The molecule has 0 bridgehead atoms. The van der Waals surface area contributed by atoms with Crippen molar-refractivity contribution >= 4 is 5.69 Å². The molecule has 21 heavy (non-hydrogen) atoms. The summed E-state index contributed by atoms with van der Waals surface area (Å²) in [6, 6.07) is 14.2. The molecular weight excluding hydrogens is 262 g/mol. The fourth-order valence-corrected chi connectivity index (χ4v) is 2.35. The van der Waals surface area contributed by atoms with Crippen LogP contribution in [0, 0.1) is 13.8 Å². The lowest BCUT2D eigenvalue weighted by Crippen LogP contribution is -2.06. The summed E-state index contributed by atoms with van der Waals surface area (Å²) in [5, 5.41) is 12.0. The van der Waals surface area contributed by atoms with Gasteiger partial charge in [-0.15, -0.1) is 5.10 Å². The summed E-state index contributed by atoms with van der Waals surface area (Å²) < 4.78 is 1.78. The van der Waals surface area contributed by atoms with Gasteiger partial charge in [0, 0.05) is 11.3 Å². The van der Waals surface area contributed by atoms with Gasteiger partial charge in [0.2, 0.25) is 0 Å². The summed E-state index contributed by atoms with van der Waals surface area (Å²) in [6.45, 7) is 4.70. The monoisotopic (exact) mass is 279 g/mol. The van der Waals surface area contributed by atoms with Crippen LogP contribution in [0.15, 0.2) is 42.5 Å². The number of nitrogens with two attached hydrogens (primary N) is 1. The molecule has 0 saturated heterocycles. The van der Waals surface area contributed by atoms with Crippen molar-refractivity contribution in [2.45, 2.75) is 20.4 Å². The molecule has 106 valence electrons. The number of hydrogen-bond acceptors (Lipinski definition) is 4. The van der Waals surface area contributed by atoms with Crippen LogP contribution in [0.3, 0.4) is 0 Å². The molecule has 0 aliphatic heterocycles. The molecule has 3 rings (SSSR count). The Morgan fingerprint density at radius 1 is 1.05 bits per heavy atom. The second-order valence-electron chi connectivity index (χ2n) is 5.18. The maximum Gasteiger partial charge on any atom is 0.184 e. The van der Waals surface area contributed by atoms with Crippen molar-refractivity contribution in [2.24, 2.45) is 0 Å². The summed E-state index contributed by atoms with van der Waals surface area (Å²) in [5.74, 6) is 0.700. The Morgan fingerprint density at radius 2 is 1.81 bits per heavy atom. The number of tetrazole rings is 1. The molecular formula is C16H17N5. The van der Waals surface area contributed by atoms with E-state index in [1.54, 1.807) is 4.68 Å². The highest BCUT2D eigenvalue weighted by Crippen LogP contribution is 2.27. The van der Waals surface area contributed by atoms with Crippen LogP contribution in [0.5, 0.6) is 0 Å². The Labute approximate surface area is 123 Å². The highest BCUT2D eigenvalue weighted by molar-refractivity contribution is 5.74. The standard InChI is InChI=1S/C16H17N5/c1-11-6-8-13(9-7-11)10-21-16(18-19-20-21)15-12(2)4-3-5-14(15)17/h3-9H,10,17H2,1-2H3. The van der Waals surface area contributed by atoms with Gasteiger partial charge in [0.25, 0.3) is 0 Å². The van der Waals surface area contributed by atoms with Crippen molar-refractivity contribution in [3.8, 4) is 11.4 Å². The van der Waals surface area contributed by atoms with Crippen LogP contribution in [0.25, 0.3) is 11.4 Å². The summed E-state index contributed by atoms with van der Waals surface area (Å²) in [4.78, 5) is 0. The van der Waals surface area contributed by atoms with Gasteiger partial charge < -0.3 is 5.73 Å². The van der Waals surface area contributed by atoms with E-state index in [4.69, 9.17) is 5.73 Å². The van der Waals surface area contributed by atoms with Crippen molar-refractivity contribution in [2.75, 3.05) is 5.73 Å². The van der Waals surface area contributed by atoms with E-state index in [-0.39, 0.29) is 0 Å². The van der Waals surface area contributed by atoms with Crippen molar-refractivity contribution in [3.05, 3.63) is 59.2 Å². The first-order chi connectivity index (χ1) is 10.1. The quantitative estimate of drug-likeness (QED) is 0.748. The minimum absolute atomic E-state index is 0.621. The molecule has 2 N–H and O–H groups in total. The smallest absolute Gasteiger partial charge is 0.184 e. The zero-order valence-electron chi connectivity index (χ0n) is 12.1. The molecule has 0 fully saturated rings. The van der Waals surface area contributed by atoms with Gasteiger partial charge in [-0.1, -0.05) is 42.0 Å². The maximum absolute atomic E-state index is 6.09. The molecule has 0 aliphatic rings. The lowest BCUT2D eigenvalue weighted by Gasteiger charge is -2.09. The van der Waals surface area contributed by atoms with E-state index in [1.165, 1.54) is 5.56 Å². The molecule has 3 aromatic rings. The maximum atomic E-state index is 6.09. The van der Waals surface area contributed by atoms with Gasteiger partial charge in [-0.3, -0.25) is 0 Å². The molecule has 0 spiro atoms. The molecule has 1 aromatic heterocycles. The van der Waals surface area contributed by atoms with E-state index >= 15 is 0 Å². The largest absolute Gasteiger partial charge is 0.398 e. The van der Waals surface area contributed by atoms with Crippen LogP contribution in [0.4, 0.5) is 5.69 Å². The third-order valence-electron chi connectivity index (χ3n) is 3.51. The second-order valence-corrected chi connectivity index (χ2v) is 5.18. The minimum Gasteiger partial charge on any atom is -0.398 e. The topological polar surface area (TPSA) is 69.6 Å². The number of nitrogen functional groups attached to an aromatic ring is 1. The van der Waals surface area contributed by atoms with E-state index in [0.29, 0.717) is 18.1 Å². The molecule has 5 heteroatoms. The molecule has 2 aromatic carbocycles. The van der Waals surface area contributed by atoms with Crippen LogP contribution in [-0.4, -0.2) is 20.2 Å². The van der Waals surface area contributed by atoms with Gasteiger partial charge >= 0.3 is 0 Å². The Morgan fingerprint density at radius 3 is 2.52 bits per heavy atom. The van der Waals surface area contributed by atoms with E-state index in [9.17, 15) is 0 Å². The third-order valence-corrected chi connectivity index (χ3v) is 3.51. The Hall–Kier alpha value is -2.69. The number of anilines is 1. The van der Waals surface area contributed by atoms with Crippen LogP contribution >= 0.6 is 0 Å². The number of benzene rings is 2. The normalized spacial score (nSPS) is 10.8. The minimum atomic E-state index is 0.621. The molecule has 0 aliphatic carbocycles. The van der Waals surface area contributed by atoms with E-state index in [0.717, 1.165) is 16.7 Å². The molecule has 0 unspecified atom stereocenters. The lowest BCUT2D eigenvalue weighted by molar-refractivity contribution is 0.653. The molecule has 0 amide bonds. The summed E-state index contributed by atoms with van der Waals surface area (Å²) in [6.07, 6.45) is 0. The van der Waals surface area contributed by atoms with Crippen molar-refractivity contribution < 1.29 is 0 Å². The van der Waals surface area contributed by atoms with Gasteiger partial charge in [-0.05, 0) is 41.5 Å². The van der Waals surface area contributed by atoms with Gasteiger partial charge in [0.1, 0.15) is 0 Å².